The summed E-state index contributed by atoms with van der Waals surface area (Å²) in [6, 6.07) is 0. The number of carbonyl (C=O) groups is 2. The van der Waals surface area contributed by atoms with Gasteiger partial charge in [-0.15, -0.1) is 0 Å². The lowest BCUT2D eigenvalue weighted by molar-refractivity contribution is -0.125. The molecule has 2 fully saturated rings. The summed E-state index contributed by atoms with van der Waals surface area (Å²) < 4.78 is 5.43. The van der Waals surface area contributed by atoms with Gasteiger partial charge in [-0.2, -0.15) is 15.4 Å². The Morgan fingerprint density at radius 1 is 1.33 bits per heavy atom. The molecule has 1 saturated carbocycles. The Morgan fingerprint density at radius 3 is 2.54 bits per heavy atom. The van der Waals surface area contributed by atoms with E-state index in [1.54, 1.807) is 11.1 Å². The Morgan fingerprint density at radius 2 is 2.00 bits per heavy atom. The zero-order valence-electron chi connectivity index (χ0n) is 14.4. The van der Waals surface area contributed by atoms with Crippen molar-refractivity contribution >= 4 is 12.0 Å². The van der Waals surface area contributed by atoms with Gasteiger partial charge in [0.25, 0.3) is 0 Å². The zero-order chi connectivity index (χ0) is 17.3. The summed E-state index contributed by atoms with van der Waals surface area (Å²) in [6.07, 6.45) is 3.01. The normalized spacial score (nSPS) is 26.3. The summed E-state index contributed by atoms with van der Waals surface area (Å²) in [5.41, 5.74) is 0.246. The maximum absolute atomic E-state index is 12.3. The lowest BCUT2D eigenvalue weighted by Crippen LogP contribution is -2.36. The maximum Gasteiger partial charge on any atom is 0.410 e. The number of ether oxygens (including phenoxy) is 1. The van der Waals surface area contributed by atoms with E-state index in [1.807, 2.05) is 20.8 Å². The van der Waals surface area contributed by atoms with Crippen LogP contribution >= 0.6 is 0 Å². The van der Waals surface area contributed by atoms with Gasteiger partial charge in [0.1, 0.15) is 11.3 Å². The minimum atomic E-state index is -0.474. The second-order valence-electron chi connectivity index (χ2n) is 7.75. The molecule has 2 amide bonds. The summed E-state index contributed by atoms with van der Waals surface area (Å²) >= 11 is 0. The summed E-state index contributed by atoms with van der Waals surface area (Å²) in [6.45, 7) is 7.38. The molecule has 0 radical (unpaired) electrons. The topological polar surface area (TPSA) is 100 Å². The first kappa shape index (κ1) is 16.7. The predicted molar refractivity (Wildman–Crippen MR) is 85.7 cm³/mol. The van der Waals surface area contributed by atoms with Crippen LogP contribution in [0.5, 0.6) is 0 Å². The van der Waals surface area contributed by atoms with Crippen LogP contribution in [-0.4, -0.2) is 51.0 Å². The van der Waals surface area contributed by atoms with E-state index in [0.29, 0.717) is 31.5 Å². The number of fused-ring (bicyclic) bond motifs is 1. The van der Waals surface area contributed by atoms with Crippen LogP contribution in [0.1, 0.15) is 39.3 Å². The Labute approximate surface area is 141 Å². The molecule has 2 N–H and O–H groups in total. The fourth-order valence-electron chi connectivity index (χ4n) is 3.62. The molecule has 0 spiro atoms. The minimum absolute atomic E-state index is 0.0210. The highest BCUT2D eigenvalue weighted by Crippen LogP contribution is 2.41. The first-order chi connectivity index (χ1) is 11.3. The molecule has 1 aromatic heterocycles. The van der Waals surface area contributed by atoms with Crippen molar-refractivity contribution in [3.8, 4) is 0 Å². The second kappa shape index (κ2) is 6.41. The van der Waals surface area contributed by atoms with E-state index in [9.17, 15) is 9.59 Å². The van der Waals surface area contributed by atoms with Gasteiger partial charge in [-0.25, -0.2) is 4.79 Å². The predicted octanol–water partition coefficient (Wildman–Crippen LogP) is 1.31. The van der Waals surface area contributed by atoms with E-state index in [1.165, 1.54) is 0 Å². The third-order valence-corrected chi connectivity index (χ3v) is 4.68. The van der Waals surface area contributed by atoms with Gasteiger partial charge in [-0.1, -0.05) is 0 Å². The SMILES string of the molecule is CC(C)(C)OC(=O)N1C[C@H]2CC(C(=O)NCc3cn[nH]n3)C[C@H]2C1. The van der Waals surface area contributed by atoms with Crippen LogP contribution in [0.2, 0.25) is 0 Å². The maximum atomic E-state index is 12.3. The molecule has 3 atom stereocenters. The lowest BCUT2D eigenvalue weighted by atomic mass is 10.0. The third-order valence-electron chi connectivity index (χ3n) is 4.68. The van der Waals surface area contributed by atoms with E-state index < -0.39 is 5.60 Å². The second-order valence-corrected chi connectivity index (χ2v) is 7.75. The fraction of sp³-hybridized carbons (Fsp3) is 0.750. The van der Waals surface area contributed by atoms with Crippen LogP contribution in [0, 0.1) is 17.8 Å². The molecule has 8 heteroatoms. The van der Waals surface area contributed by atoms with Crippen LogP contribution in [0.3, 0.4) is 0 Å². The molecule has 1 saturated heterocycles. The van der Waals surface area contributed by atoms with Crippen LogP contribution < -0.4 is 5.32 Å². The Balaban J connectivity index is 1.46. The van der Waals surface area contributed by atoms with Crippen molar-refractivity contribution in [2.75, 3.05) is 13.1 Å². The number of hydrogen-bond donors (Lipinski definition) is 2. The van der Waals surface area contributed by atoms with Gasteiger partial charge >= 0.3 is 6.09 Å². The number of aromatic amines is 1. The number of hydrogen-bond acceptors (Lipinski definition) is 5. The highest BCUT2D eigenvalue weighted by Gasteiger charge is 2.45. The molecule has 1 aliphatic heterocycles. The molecule has 8 nitrogen and oxygen atoms in total. The lowest BCUT2D eigenvalue weighted by Gasteiger charge is -2.25. The number of nitrogens with one attached hydrogen (secondary N) is 2. The number of nitrogens with zero attached hydrogens (tertiary/aromatic N) is 3. The average Bonchev–Trinajstić information content (AvgIpc) is 3.18. The van der Waals surface area contributed by atoms with Crippen molar-refractivity contribution in [2.24, 2.45) is 17.8 Å². The molecule has 1 aliphatic carbocycles. The monoisotopic (exact) mass is 335 g/mol. The molecule has 1 aromatic rings. The Hall–Kier alpha value is -2.12. The number of aromatic nitrogens is 3. The van der Waals surface area contributed by atoms with Crippen molar-refractivity contribution in [3.63, 3.8) is 0 Å². The number of carbonyl (C=O) groups excluding carboxylic acids is 2. The standard InChI is InChI=1S/C16H25N5O3/c1-16(2,3)24-15(23)21-8-11-4-10(5-12(11)9-21)14(22)17-6-13-7-18-20-19-13/h7,10-12H,4-6,8-9H2,1-3H3,(H,17,22)(H,18,19,20)/t10?,11-,12+. The van der Waals surface area contributed by atoms with Crippen molar-refractivity contribution in [2.45, 2.75) is 45.8 Å². The van der Waals surface area contributed by atoms with Crippen molar-refractivity contribution in [1.82, 2.24) is 25.6 Å². The zero-order valence-corrected chi connectivity index (χ0v) is 14.4. The molecule has 1 unspecified atom stereocenters. The summed E-state index contributed by atoms with van der Waals surface area (Å²) in [4.78, 5) is 26.2. The Kier molecular flexibility index (Phi) is 4.47. The van der Waals surface area contributed by atoms with Gasteiger partial charge in [0.15, 0.2) is 0 Å². The summed E-state index contributed by atoms with van der Waals surface area (Å²) in [5.74, 6) is 0.865. The third kappa shape index (κ3) is 3.85. The van der Waals surface area contributed by atoms with Gasteiger partial charge in [0.05, 0.1) is 12.7 Å². The van der Waals surface area contributed by atoms with Crippen molar-refractivity contribution < 1.29 is 14.3 Å². The first-order valence-corrected chi connectivity index (χ1v) is 8.42. The van der Waals surface area contributed by atoms with E-state index in [4.69, 9.17) is 4.74 Å². The van der Waals surface area contributed by atoms with Gasteiger partial charge in [-0.05, 0) is 45.4 Å². The minimum Gasteiger partial charge on any atom is -0.444 e. The van der Waals surface area contributed by atoms with Gasteiger partial charge in [0.2, 0.25) is 5.91 Å². The van der Waals surface area contributed by atoms with Crippen LogP contribution in [0.15, 0.2) is 6.20 Å². The molecular weight excluding hydrogens is 310 g/mol. The fourth-order valence-corrected chi connectivity index (χ4v) is 3.62. The molecule has 0 aromatic carbocycles. The van der Waals surface area contributed by atoms with Crippen molar-refractivity contribution in [3.05, 3.63) is 11.9 Å². The molecule has 0 bridgehead atoms. The van der Waals surface area contributed by atoms with Crippen LogP contribution in [0.25, 0.3) is 0 Å². The highest BCUT2D eigenvalue weighted by atomic mass is 16.6. The summed E-state index contributed by atoms with van der Waals surface area (Å²) in [5, 5.41) is 13.1. The highest BCUT2D eigenvalue weighted by molar-refractivity contribution is 5.79. The molecule has 2 heterocycles. The van der Waals surface area contributed by atoms with E-state index >= 15 is 0 Å². The van der Waals surface area contributed by atoms with E-state index in [0.717, 1.165) is 18.5 Å². The smallest absolute Gasteiger partial charge is 0.410 e. The van der Waals surface area contributed by atoms with Gasteiger partial charge in [0, 0.05) is 19.0 Å². The van der Waals surface area contributed by atoms with Crippen LogP contribution in [-0.2, 0) is 16.1 Å². The molecule has 3 rings (SSSR count). The largest absolute Gasteiger partial charge is 0.444 e. The number of H-pyrrole nitrogens is 1. The number of amides is 2. The Bertz CT molecular complexity index is 581. The number of likely N-dealkylation sites (tertiary alicyclic amines) is 1. The van der Waals surface area contributed by atoms with Crippen LogP contribution in [0.4, 0.5) is 4.79 Å². The molecule has 2 aliphatic rings. The molecular formula is C16H25N5O3. The van der Waals surface area contributed by atoms with E-state index in [-0.39, 0.29) is 17.9 Å². The quantitative estimate of drug-likeness (QED) is 0.867. The number of rotatable bonds is 3. The van der Waals surface area contributed by atoms with Gasteiger partial charge in [-0.3, -0.25) is 4.79 Å². The van der Waals surface area contributed by atoms with E-state index in [2.05, 4.69) is 20.7 Å². The molecule has 132 valence electrons. The van der Waals surface area contributed by atoms with Crippen molar-refractivity contribution in [1.29, 1.82) is 0 Å². The average molecular weight is 335 g/mol. The first-order valence-electron chi connectivity index (χ1n) is 8.42. The van der Waals surface area contributed by atoms with Gasteiger partial charge < -0.3 is 15.0 Å². The summed E-state index contributed by atoms with van der Waals surface area (Å²) in [7, 11) is 0. The molecule has 24 heavy (non-hydrogen) atoms.